The van der Waals surface area contributed by atoms with Crippen molar-refractivity contribution in [2.45, 2.75) is 32.6 Å². The molecule has 0 saturated heterocycles. The van der Waals surface area contributed by atoms with E-state index in [-0.39, 0.29) is 18.4 Å². The summed E-state index contributed by atoms with van der Waals surface area (Å²) in [5.74, 6) is -0.600. The second-order valence-electron chi connectivity index (χ2n) is 7.89. The number of hydrogen-bond acceptors (Lipinski definition) is 3. The van der Waals surface area contributed by atoms with E-state index >= 15 is 0 Å². The summed E-state index contributed by atoms with van der Waals surface area (Å²) in [6, 6.07) is 21.0. The highest BCUT2D eigenvalue weighted by Crippen LogP contribution is 2.28. The highest BCUT2D eigenvalue weighted by molar-refractivity contribution is 5.86. The number of aryl methyl sites for hydroxylation is 2. The van der Waals surface area contributed by atoms with E-state index in [1.165, 1.54) is 17.2 Å². The fourth-order valence-corrected chi connectivity index (χ4v) is 3.64. The molecule has 0 aromatic heterocycles. The number of carbonyl (C=O) groups excluding carboxylic acids is 1. The van der Waals surface area contributed by atoms with Crippen molar-refractivity contribution in [3.63, 3.8) is 0 Å². The van der Waals surface area contributed by atoms with E-state index in [1.807, 2.05) is 30.3 Å². The van der Waals surface area contributed by atoms with Crippen molar-refractivity contribution < 1.29 is 19.0 Å². The van der Waals surface area contributed by atoms with Gasteiger partial charge in [-0.25, -0.2) is 9.18 Å². The summed E-state index contributed by atoms with van der Waals surface area (Å²) < 4.78 is 19.3. The maximum atomic E-state index is 14.1. The molecule has 0 saturated carbocycles. The molecule has 0 aliphatic carbocycles. The average molecular weight is 433 g/mol. The van der Waals surface area contributed by atoms with Crippen molar-refractivity contribution >= 4 is 5.97 Å². The molecule has 0 aliphatic heterocycles. The third-order valence-corrected chi connectivity index (χ3v) is 5.39. The first-order valence-corrected chi connectivity index (χ1v) is 10.9. The molecule has 4 heteroatoms. The summed E-state index contributed by atoms with van der Waals surface area (Å²) in [6.07, 6.45) is 2.98. The van der Waals surface area contributed by atoms with Gasteiger partial charge in [0.1, 0.15) is 5.82 Å². The lowest BCUT2D eigenvalue weighted by molar-refractivity contribution is -0.139. The molecule has 0 fully saturated rings. The van der Waals surface area contributed by atoms with Crippen molar-refractivity contribution in [3.8, 4) is 22.3 Å². The van der Waals surface area contributed by atoms with Crippen LogP contribution >= 0.6 is 0 Å². The minimum Gasteiger partial charge on any atom is -0.462 e. The highest BCUT2D eigenvalue weighted by Gasteiger charge is 2.09. The SMILES string of the molecule is C=C(C)C(=O)OCCCc1cc(-c2ccc(-c3ccccc3F)cc2)ccc1CCCO. The van der Waals surface area contributed by atoms with Gasteiger partial charge in [0.2, 0.25) is 0 Å². The van der Waals surface area contributed by atoms with E-state index in [9.17, 15) is 14.3 Å². The zero-order chi connectivity index (χ0) is 22.9. The van der Waals surface area contributed by atoms with Crippen LogP contribution in [0.4, 0.5) is 4.39 Å². The molecule has 0 spiro atoms. The number of ether oxygens (including phenoxy) is 1. The van der Waals surface area contributed by atoms with Crippen LogP contribution in [0, 0.1) is 5.82 Å². The normalized spacial score (nSPS) is 10.7. The number of aliphatic hydroxyl groups excluding tert-OH is 1. The van der Waals surface area contributed by atoms with Crippen molar-refractivity contribution in [1.82, 2.24) is 0 Å². The third kappa shape index (κ3) is 6.14. The lowest BCUT2D eigenvalue weighted by atomic mass is 9.93. The van der Waals surface area contributed by atoms with E-state index in [0.717, 1.165) is 29.5 Å². The molecule has 0 amide bonds. The number of hydrogen-bond donors (Lipinski definition) is 1. The topological polar surface area (TPSA) is 46.5 Å². The number of esters is 1. The summed E-state index contributed by atoms with van der Waals surface area (Å²) in [6.45, 7) is 5.72. The van der Waals surface area contributed by atoms with E-state index in [0.29, 0.717) is 30.6 Å². The first-order valence-electron chi connectivity index (χ1n) is 10.9. The molecule has 32 heavy (non-hydrogen) atoms. The molecule has 0 heterocycles. The van der Waals surface area contributed by atoms with E-state index in [1.54, 1.807) is 19.1 Å². The monoisotopic (exact) mass is 432 g/mol. The molecule has 0 unspecified atom stereocenters. The van der Waals surface area contributed by atoms with Crippen LogP contribution in [0.25, 0.3) is 22.3 Å². The smallest absolute Gasteiger partial charge is 0.333 e. The molecule has 166 valence electrons. The quantitative estimate of drug-likeness (QED) is 0.238. The fraction of sp³-hybridized carbons (Fsp3) is 0.250. The van der Waals surface area contributed by atoms with Gasteiger partial charge in [-0.05, 0) is 66.5 Å². The number of benzene rings is 3. The number of rotatable bonds is 10. The van der Waals surface area contributed by atoms with Gasteiger partial charge in [0.15, 0.2) is 0 Å². The Hall–Kier alpha value is -3.24. The average Bonchev–Trinajstić information content (AvgIpc) is 2.81. The molecule has 1 N–H and O–H groups in total. The lowest BCUT2D eigenvalue weighted by Gasteiger charge is -2.13. The third-order valence-electron chi connectivity index (χ3n) is 5.39. The predicted octanol–water partition coefficient (Wildman–Crippen LogP) is 6.14. The minimum absolute atomic E-state index is 0.148. The van der Waals surface area contributed by atoms with Crippen molar-refractivity contribution in [3.05, 3.63) is 95.8 Å². The number of aliphatic hydroxyl groups is 1. The maximum Gasteiger partial charge on any atom is 0.333 e. The lowest BCUT2D eigenvalue weighted by Crippen LogP contribution is -2.07. The van der Waals surface area contributed by atoms with Gasteiger partial charge < -0.3 is 9.84 Å². The number of halogens is 1. The largest absolute Gasteiger partial charge is 0.462 e. The van der Waals surface area contributed by atoms with Gasteiger partial charge in [-0.1, -0.05) is 67.2 Å². The zero-order valence-corrected chi connectivity index (χ0v) is 18.4. The van der Waals surface area contributed by atoms with Crippen LogP contribution in [0.3, 0.4) is 0 Å². The van der Waals surface area contributed by atoms with Crippen LogP contribution < -0.4 is 0 Å². The first kappa shape index (κ1) is 23.4. The van der Waals surface area contributed by atoms with Crippen LogP contribution in [0.2, 0.25) is 0 Å². The van der Waals surface area contributed by atoms with E-state index in [4.69, 9.17) is 4.74 Å². The van der Waals surface area contributed by atoms with E-state index < -0.39 is 0 Å². The number of carbonyl (C=O) groups is 1. The summed E-state index contributed by atoms with van der Waals surface area (Å²) in [4.78, 5) is 11.6. The Kier molecular flexibility index (Phi) is 8.34. The van der Waals surface area contributed by atoms with Gasteiger partial charge in [0.05, 0.1) is 6.61 Å². The zero-order valence-electron chi connectivity index (χ0n) is 18.4. The van der Waals surface area contributed by atoms with Gasteiger partial charge in [-0.15, -0.1) is 0 Å². The molecule has 0 aliphatic rings. The van der Waals surface area contributed by atoms with Gasteiger partial charge in [0.25, 0.3) is 0 Å². The molecule has 3 aromatic rings. The molecule has 0 radical (unpaired) electrons. The fourth-order valence-electron chi connectivity index (χ4n) is 3.64. The first-order chi connectivity index (χ1) is 15.5. The molecular weight excluding hydrogens is 403 g/mol. The van der Waals surface area contributed by atoms with Crippen LogP contribution in [-0.2, 0) is 22.4 Å². The van der Waals surface area contributed by atoms with Crippen molar-refractivity contribution in [2.75, 3.05) is 13.2 Å². The summed E-state index contributed by atoms with van der Waals surface area (Å²) in [5.41, 5.74) is 6.32. The molecular formula is C28H29FO3. The second kappa shape index (κ2) is 11.4. The van der Waals surface area contributed by atoms with Crippen molar-refractivity contribution in [1.29, 1.82) is 0 Å². The van der Waals surface area contributed by atoms with Crippen molar-refractivity contribution in [2.24, 2.45) is 0 Å². The van der Waals surface area contributed by atoms with Gasteiger partial charge in [0, 0.05) is 17.7 Å². The Morgan fingerprint density at radius 3 is 2.25 bits per heavy atom. The molecule has 3 nitrogen and oxygen atoms in total. The standard InChI is InChI=1S/C28H29FO3/c1-20(2)28(31)32-18-6-8-24-19-25(16-13-21(24)7-5-17-30)22-11-14-23(15-12-22)26-9-3-4-10-27(26)29/h3-4,9-16,19,30H,1,5-8,17-18H2,2H3. The molecule has 3 rings (SSSR count). The van der Waals surface area contributed by atoms with Crippen LogP contribution in [0.1, 0.15) is 30.9 Å². The molecule has 0 atom stereocenters. The van der Waals surface area contributed by atoms with Gasteiger partial charge >= 0.3 is 5.97 Å². The Morgan fingerprint density at radius 2 is 1.56 bits per heavy atom. The van der Waals surface area contributed by atoms with Gasteiger partial charge in [-0.3, -0.25) is 0 Å². The maximum absolute atomic E-state index is 14.1. The Labute approximate surface area is 189 Å². The Balaban J connectivity index is 1.77. The molecule has 3 aromatic carbocycles. The minimum atomic E-state index is -0.366. The Morgan fingerprint density at radius 1 is 0.906 bits per heavy atom. The Bertz CT molecular complexity index is 1070. The van der Waals surface area contributed by atoms with Crippen LogP contribution in [0.15, 0.2) is 78.9 Å². The summed E-state index contributed by atoms with van der Waals surface area (Å²) >= 11 is 0. The predicted molar refractivity (Wildman–Crippen MR) is 127 cm³/mol. The van der Waals surface area contributed by atoms with E-state index in [2.05, 4.69) is 24.8 Å². The highest BCUT2D eigenvalue weighted by atomic mass is 19.1. The van der Waals surface area contributed by atoms with Gasteiger partial charge in [-0.2, -0.15) is 0 Å². The van der Waals surface area contributed by atoms with Crippen LogP contribution in [-0.4, -0.2) is 24.3 Å². The summed E-state index contributed by atoms with van der Waals surface area (Å²) in [5, 5.41) is 9.23. The second-order valence-corrected chi connectivity index (χ2v) is 7.89. The molecule has 0 bridgehead atoms. The van der Waals surface area contributed by atoms with Crippen LogP contribution in [0.5, 0.6) is 0 Å². The summed E-state index contributed by atoms with van der Waals surface area (Å²) in [7, 11) is 0.